The average molecular weight is 215 g/mol. The van der Waals surface area contributed by atoms with Gasteiger partial charge in [-0.3, -0.25) is 0 Å². The Morgan fingerprint density at radius 3 is 2.27 bits per heavy atom. The fourth-order valence-corrected chi connectivity index (χ4v) is 0.995. The molecule has 0 aliphatic heterocycles. The van der Waals surface area contributed by atoms with Gasteiger partial charge in [-0.1, -0.05) is 25.1 Å². The zero-order valence-corrected chi connectivity index (χ0v) is 8.31. The van der Waals surface area contributed by atoms with Gasteiger partial charge < -0.3 is 4.98 Å². The Labute approximate surface area is 85.9 Å². The van der Waals surface area contributed by atoms with Crippen LogP contribution in [0.4, 0.5) is 13.2 Å². The highest BCUT2D eigenvalue weighted by Gasteiger charge is 2.22. The molecular weight excluding hydrogens is 203 g/mol. The third-order valence-corrected chi connectivity index (χ3v) is 1.86. The van der Waals surface area contributed by atoms with Gasteiger partial charge in [0.15, 0.2) is 0 Å². The number of aromatic amines is 1. The second-order valence-electron chi connectivity index (χ2n) is 3.03. The lowest BCUT2D eigenvalue weighted by Crippen LogP contribution is -2.02. The molecule has 0 aliphatic rings. The molecule has 0 fully saturated rings. The Bertz CT molecular complexity index is 373. The third-order valence-electron chi connectivity index (χ3n) is 1.86. The summed E-state index contributed by atoms with van der Waals surface area (Å²) < 4.78 is 32.4. The van der Waals surface area contributed by atoms with Crippen molar-refractivity contribution in [1.29, 1.82) is 0 Å². The smallest absolute Gasteiger partial charge is 0.361 e. The Hall–Kier alpha value is -1.45. The molecule has 1 nitrogen and oxygen atoms in total. The van der Waals surface area contributed by atoms with E-state index in [4.69, 9.17) is 0 Å². The van der Waals surface area contributed by atoms with Gasteiger partial charge in [0.25, 0.3) is 0 Å². The van der Waals surface area contributed by atoms with Crippen LogP contribution in [0.2, 0.25) is 0 Å². The first-order chi connectivity index (χ1) is 7.03. The first-order valence-corrected chi connectivity index (χ1v) is 4.62. The molecule has 0 amide bonds. The number of nitrogens with one attached hydrogen (secondary N) is 1. The van der Waals surface area contributed by atoms with E-state index >= 15 is 0 Å². The maximum atomic E-state index is 10.8. The number of halogens is 3. The highest BCUT2D eigenvalue weighted by Crippen LogP contribution is 2.17. The number of benzene rings is 1. The van der Waals surface area contributed by atoms with E-state index in [0.29, 0.717) is 0 Å². The maximum Gasteiger partial charge on any atom is 0.388 e. The zero-order valence-electron chi connectivity index (χ0n) is 8.31. The average Bonchev–Trinajstić information content (AvgIpc) is 2.65. The summed E-state index contributed by atoms with van der Waals surface area (Å²) in [5.41, 5.74) is 1.21. The van der Waals surface area contributed by atoms with Crippen LogP contribution < -0.4 is 0 Å². The predicted molar refractivity (Wildman–Crippen MR) is 54.6 cm³/mol. The van der Waals surface area contributed by atoms with Crippen LogP contribution >= 0.6 is 0 Å². The summed E-state index contributed by atoms with van der Waals surface area (Å²) >= 11 is 0. The van der Waals surface area contributed by atoms with Crippen LogP contribution in [-0.4, -0.2) is 11.2 Å². The van der Waals surface area contributed by atoms with Crippen molar-refractivity contribution in [1.82, 2.24) is 4.98 Å². The van der Waals surface area contributed by atoms with E-state index in [2.05, 4.69) is 23.2 Å². The van der Waals surface area contributed by atoms with Crippen molar-refractivity contribution in [2.75, 3.05) is 0 Å². The molecule has 0 atom stereocenters. The molecule has 15 heavy (non-hydrogen) atoms. The van der Waals surface area contributed by atoms with Gasteiger partial charge in [-0.05, 0) is 17.5 Å². The number of H-pyrrole nitrogens is 1. The van der Waals surface area contributed by atoms with Crippen LogP contribution in [0.5, 0.6) is 0 Å². The molecule has 2 aromatic rings. The minimum atomic E-state index is -3.96. The van der Waals surface area contributed by atoms with Crippen molar-refractivity contribution in [2.45, 2.75) is 19.5 Å². The highest BCUT2D eigenvalue weighted by atomic mass is 19.4. The first kappa shape index (κ1) is 11.6. The van der Waals surface area contributed by atoms with Gasteiger partial charge in [0.05, 0.1) is 0 Å². The number of fused-ring (bicyclic) bond motifs is 1. The van der Waals surface area contributed by atoms with Crippen molar-refractivity contribution < 1.29 is 13.2 Å². The van der Waals surface area contributed by atoms with E-state index in [0.717, 1.165) is 6.92 Å². The molecule has 0 radical (unpaired) electrons. The Morgan fingerprint density at radius 1 is 1.13 bits per heavy atom. The first-order valence-electron chi connectivity index (χ1n) is 4.62. The van der Waals surface area contributed by atoms with Gasteiger partial charge >= 0.3 is 6.18 Å². The highest BCUT2D eigenvalue weighted by molar-refractivity contribution is 5.78. The molecule has 0 unspecified atom stereocenters. The van der Waals surface area contributed by atoms with Crippen molar-refractivity contribution >= 4 is 10.9 Å². The molecule has 1 N–H and O–H groups in total. The summed E-state index contributed by atoms with van der Waals surface area (Å²) in [5, 5.41) is 1.28. The van der Waals surface area contributed by atoms with E-state index in [1.54, 1.807) is 0 Å². The molecule has 82 valence electrons. The summed E-state index contributed by atoms with van der Waals surface area (Å²) in [7, 11) is 0. The fourth-order valence-electron chi connectivity index (χ4n) is 0.995. The van der Waals surface area contributed by atoms with Crippen LogP contribution in [0.25, 0.3) is 10.9 Å². The van der Waals surface area contributed by atoms with Crippen LogP contribution in [0.1, 0.15) is 13.3 Å². The van der Waals surface area contributed by atoms with Gasteiger partial charge in [-0.2, -0.15) is 13.2 Å². The molecule has 0 saturated heterocycles. The SMILES string of the molecule is CCC(F)(F)F.c1ccc2[nH]ccc2c1. The molecule has 4 heteroatoms. The largest absolute Gasteiger partial charge is 0.388 e. The number of hydrogen-bond donors (Lipinski definition) is 1. The van der Waals surface area contributed by atoms with E-state index in [-0.39, 0.29) is 0 Å². The maximum absolute atomic E-state index is 10.8. The normalized spacial score (nSPS) is 10.9. The molecule has 1 aromatic carbocycles. The van der Waals surface area contributed by atoms with E-state index < -0.39 is 12.6 Å². The van der Waals surface area contributed by atoms with Gasteiger partial charge in [-0.15, -0.1) is 0 Å². The van der Waals surface area contributed by atoms with E-state index in [1.807, 2.05) is 18.3 Å². The zero-order chi connectivity index (χ0) is 11.3. The second-order valence-corrected chi connectivity index (χ2v) is 3.03. The number of alkyl halides is 3. The van der Waals surface area contributed by atoms with E-state index in [9.17, 15) is 13.2 Å². The summed E-state index contributed by atoms with van der Waals surface area (Å²) in [6, 6.07) is 10.3. The molecule has 1 aromatic heterocycles. The molecule has 0 saturated carbocycles. The molecule has 0 aliphatic carbocycles. The topological polar surface area (TPSA) is 15.8 Å². The van der Waals surface area contributed by atoms with Crippen molar-refractivity contribution in [3.05, 3.63) is 36.5 Å². The number of rotatable bonds is 0. The number of hydrogen-bond acceptors (Lipinski definition) is 0. The van der Waals surface area contributed by atoms with Crippen LogP contribution in [0.3, 0.4) is 0 Å². The summed E-state index contributed by atoms with van der Waals surface area (Å²) in [6.07, 6.45) is -2.74. The third kappa shape index (κ3) is 4.06. The molecule has 0 spiro atoms. The standard InChI is InChI=1S/C8H7N.C3H5F3/c1-2-4-8-7(3-1)5-6-9-8;1-2-3(4,5)6/h1-6,9H;2H2,1H3. The molecule has 2 rings (SSSR count). The second kappa shape index (κ2) is 4.87. The predicted octanol–water partition coefficient (Wildman–Crippen LogP) is 4.13. The lowest BCUT2D eigenvalue weighted by molar-refractivity contribution is -0.130. The van der Waals surface area contributed by atoms with Crippen molar-refractivity contribution in [3.63, 3.8) is 0 Å². The monoisotopic (exact) mass is 215 g/mol. The minimum Gasteiger partial charge on any atom is -0.361 e. The van der Waals surface area contributed by atoms with Crippen molar-refractivity contribution in [3.8, 4) is 0 Å². The van der Waals surface area contributed by atoms with Gasteiger partial charge in [-0.25, -0.2) is 0 Å². The van der Waals surface area contributed by atoms with Gasteiger partial charge in [0.1, 0.15) is 0 Å². The van der Waals surface area contributed by atoms with Crippen molar-refractivity contribution in [2.24, 2.45) is 0 Å². The Kier molecular flexibility index (Phi) is 3.77. The van der Waals surface area contributed by atoms with Gasteiger partial charge in [0.2, 0.25) is 0 Å². The van der Waals surface area contributed by atoms with Crippen LogP contribution in [0, 0.1) is 0 Å². The summed E-state index contributed by atoms with van der Waals surface area (Å²) in [6.45, 7) is 1.08. The Balaban J connectivity index is 0.000000167. The van der Waals surface area contributed by atoms with Crippen LogP contribution in [-0.2, 0) is 0 Å². The van der Waals surface area contributed by atoms with E-state index in [1.165, 1.54) is 10.9 Å². The minimum absolute atomic E-state index is 0.729. The lowest BCUT2D eigenvalue weighted by atomic mass is 10.3. The molecule has 0 bridgehead atoms. The quantitative estimate of drug-likeness (QED) is 0.680. The molecule has 1 heterocycles. The van der Waals surface area contributed by atoms with Gasteiger partial charge in [0, 0.05) is 18.1 Å². The number of aromatic nitrogens is 1. The number of para-hydroxylation sites is 1. The summed E-state index contributed by atoms with van der Waals surface area (Å²) in [4.78, 5) is 3.12. The fraction of sp³-hybridized carbons (Fsp3) is 0.273. The Morgan fingerprint density at radius 2 is 1.73 bits per heavy atom. The lowest BCUT2D eigenvalue weighted by Gasteiger charge is -1.96. The van der Waals surface area contributed by atoms with Crippen LogP contribution in [0.15, 0.2) is 36.5 Å². The summed E-state index contributed by atoms with van der Waals surface area (Å²) in [5.74, 6) is 0. The molecular formula is C11H12F3N.